The largest absolute Gasteiger partial charge is 0.568 e. The number of hydrogen-bond acceptors (Lipinski definition) is 6. The second-order valence-electron chi connectivity index (χ2n) is 2.36. The molecular weight excluding hydrogens is 265 g/mol. The molecule has 0 heterocycles. The Balaban J connectivity index is 2.79. The summed E-state index contributed by atoms with van der Waals surface area (Å²) in [4.78, 5) is 28.6. The van der Waals surface area contributed by atoms with E-state index in [2.05, 4.69) is 25.9 Å². The number of hydrogen-bond donors (Lipinski definition) is 0. The van der Waals surface area contributed by atoms with Gasteiger partial charge >= 0.3 is 6.16 Å². The molecule has 0 aliphatic heterocycles. The number of carbonyl (C=O) groups is 1. The number of rotatable bonds is 3. The van der Waals surface area contributed by atoms with E-state index < -0.39 is 11.1 Å². The SMILES string of the molecule is O=C(OCl)OOc1ccc(Cl)c([N+](=O)[O-])c1. The molecule has 0 saturated carbocycles. The molecule has 0 fully saturated rings. The van der Waals surface area contributed by atoms with E-state index in [9.17, 15) is 14.9 Å². The van der Waals surface area contributed by atoms with Crippen LogP contribution in [0.25, 0.3) is 0 Å². The molecule has 0 aliphatic rings. The standard InChI is InChI=1S/C7H3Cl2NO6/c8-5-2-1-4(3-6(5)10(12)13)15-16-7(11)14-9/h1-3H. The molecule has 1 aromatic rings. The zero-order chi connectivity index (χ0) is 12.1. The van der Waals surface area contributed by atoms with Crippen LogP contribution in [0.5, 0.6) is 5.75 Å². The van der Waals surface area contributed by atoms with Gasteiger partial charge < -0.3 is 4.29 Å². The first kappa shape index (κ1) is 12.3. The van der Waals surface area contributed by atoms with Crippen LogP contribution in [0.4, 0.5) is 10.5 Å². The average Bonchev–Trinajstić information content (AvgIpc) is 2.27. The summed E-state index contributed by atoms with van der Waals surface area (Å²) in [6.07, 6.45) is -1.31. The Morgan fingerprint density at radius 1 is 1.44 bits per heavy atom. The summed E-state index contributed by atoms with van der Waals surface area (Å²) < 4.78 is 3.60. The summed E-state index contributed by atoms with van der Waals surface area (Å²) >= 11 is 10.2. The van der Waals surface area contributed by atoms with Crippen molar-refractivity contribution in [2.45, 2.75) is 0 Å². The average molecular weight is 268 g/mol. The zero-order valence-corrected chi connectivity index (χ0v) is 8.90. The molecule has 86 valence electrons. The Morgan fingerprint density at radius 2 is 2.12 bits per heavy atom. The Bertz CT molecular complexity index is 423. The van der Waals surface area contributed by atoms with E-state index in [1.807, 2.05) is 0 Å². The van der Waals surface area contributed by atoms with Gasteiger partial charge in [0.1, 0.15) is 16.9 Å². The molecule has 7 nitrogen and oxygen atoms in total. The lowest BCUT2D eigenvalue weighted by atomic mass is 10.3. The van der Waals surface area contributed by atoms with Crippen LogP contribution in [-0.4, -0.2) is 11.1 Å². The van der Waals surface area contributed by atoms with Crippen molar-refractivity contribution in [2.24, 2.45) is 0 Å². The normalized spacial score (nSPS) is 9.38. The molecule has 1 aromatic carbocycles. The van der Waals surface area contributed by atoms with Gasteiger partial charge in [-0.15, -0.1) is 0 Å². The molecule has 0 spiro atoms. The summed E-state index contributed by atoms with van der Waals surface area (Å²) in [6.45, 7) is 0. The van der Waals surface area contributed by atoms with Crippen LogP contribution in [0.3, 0.4) is 0 Å². The number of benzene rings is 1. The maximum atomic E-state index is 10.5. The van der Waals surface area contributed by atoms with E-state index in [-0.39, 0.29) is 16.5 Å². The minimum atomic E-state index is -1.31. The lowest BCUT2D eigenvalue weighted by Crippen LogP contribution is -2.05. The molecule has 0 N–H and O–H groups in total. The molecular formula is C7H3Cl2NO6. The number of carbonyl (C=O) groups excluding carboxylic acids is 1. The predicted molar refractivity (Wildman–Crippen MR) is 52.2 cm³/mol. The maximum absolute atomic E-state index is 10.5. The molecule has 0 amide bonds. The molecule has 1 rings (SSSR count). The van der Waals surface area contributed by atoms with Crippen molar-refractivity contribution in [2.75, 3.05) is 0 Å². The summed E-state index contributed by atoms with van der Waals surface area (Å²) in [5.74, 6) is -0.0989. The summed E-state index contributed by atoms with van der Waals surface area (Å²) in [6, 6.07) is 3.45. The van der Waals surface area contributed by atoms with Crippen LogP contribution in [0.1, 0.15) is 0 Å². The summed E-state index contributed by atoms with van der Waals surface area (Å²) in [5.41, 5.74) is -0.387. The highest BCUT2D eigenvalue weighted by Gasteiger charge is 2.15. The third-order valence-corrected chi connectivity index (χ3v) is 1.83. The molecule has 0 aliphatic carbocycles. The van der Waals surface area contributed by atoms with Gasteiger partial charge in [-0.3, -0.25) is 15.0 Å². The van der Waals surface area contributed by atoms with Gasteiger partial charge in [-0.2, -0.15) is 4.79 Å². The van der Waals surface area contributed by atoms with Crippen LogP contribution in [0, 0.1) is 10.1 Å². The minimum absolute atomic E-state index is 0.0720. The number of halogens is 2. The molecule has 9 heteroatoms. The Hall–Kier alpha value is -1.73. The molecule has 0 saturated heterocycles. The maximum Gasteiger partial charge on any atom is 0.568 e. The lowest BCUT2D eigenvalue weighted by molar-refractivity contribution is -0.384. The highest BCUT2D eigenvalue weighted by atomic mass is 35.5. The van der Waals surface area contributed by atoms with Crippen LogP contribution >= 0.6 is 23.5 Å². The summed E-state index contributed by atoms with van der Waals surface area (Å²) in [7, 11) is 0. The van der Waals surface area contributed by atoms with Crippen molar-refractivity contribution in [1.29, 1.82) is 0 Å². The van der Waals surface area contributed by atoms with Gasteiger partial charge in [0.2, 0.25) is 0 Å². The first-order valence-corrected chi connectivity index (χ1v) is 4.34. The smallest absolute Gasteiger partial charge is 0.312 e. The Morgan fingerprint density at radius 3 is 2.69 bits per heavy atom. The third-order valence-electron chi connectivity index (χ3n) is 1.38. The van der Waals surface area contributed by atoms with E-state index >= 15 is 0 Å². The van der Waals surface area contributed by atoms with Gasteiger partial charge in [0.05, 0.1) is 11.0 Å². The Labute approximate surface area is 98.7 Å². The fourth-order valence-corrected chi connectivity index (χ4v) is 0.991. The second kappa shape index (κ2) is 5.38. The van der Waals surface area contributed by atoms with Crippen LogP contribution in [0.15, 0.2) is 18.2 Å². The predicted octanol–water partition coefficient (Wildman–Crippen LogP) is 2.85. The van der Waals surface area contributed by atoms with E-state index in [0.717, 1.165) is 6.07 Å². The quantitative estimate of drug-likeness (QED) is 0.475. The van der Waals surface area contributed by atoms with Crippen molar-refractivity contribution < 1.29 is 23.8 Å². The monoisotopic (exact) mass is 267 g/mol. The van der Waals surface area contributed by atoms with Gasteiger partial charge in [-0.1, -0.05) is 11.6 Å². The van der Waals surface area contributed by atoms with Crippen LogP contribution in [0.2, 0.25) is 5.02 Å². The minimum Gasteiger partial charge on any atom is -0.312 e. The van der Waals surface area contributed by atoms with Gasteiger partial charge in [0, 0.05) is 0 Å². The summed E-state index contributed by atoms with van der Waals surface area (Å²) in [5, 5.41) is 10.4. The number of nitrogens with zero attached hydrogens (tertiary/aromatic N) is 1. The molecule has 0 aromatic heterocycles. The zero-order valence-electron chi connectivity index (χ0n) is 7.38. The van der Waals surface area contributed by atoms with Gasteiger partial charge in [0.15, 0.2) is 5.75 Å². The van der Waals surface area contributed by atoms with Gasteiger partial charge in [0.25, 0.3) is 5.69 Å². The van der Waals surface area contributed by atoms with Crippen molar-refractivity contribution in [3.63, 3.8) is 0 Å². The molecule has 0 bridgehead atoms. The highest BCUT2D eigenvalue weighted by Crippen LogP contribution is 2.28. The van der Waals surface area contributed by atoms with Crippen molar-refractivity contribution >= 4 is 35.3 Å². The van der Waals surface area contributed by atoms with E-state index in [4.69, 9.17) is 11.6 Å². The van der Waals surface area contributed by atoms with Crippen molar-refractivity contribution in [3.8, 4) is 5.75 Å². The molecule has 0 radical (unpaired) electrons. The van der Waals surface area contributed by atoms with Crippen LogP contribution in [-0.2, 0) is 9.18 Å². The van der Waals surface area contributed by atoms with Gasteiger partial charge in [-0.25, -0.2) is 4.89 Å². The first-order chi connectivity index (χ1) is 7.54. The van der Waals surface area contributed by atoms with Crippen molar-refractivity contribution in [3.05, 3.63) is 33.3 Å². The lowest BCUT2D eigenvalue weighted by Gasteiger charge is -2.02. The van der Waals surface area contributed by atoms with Gasteiger partial charge in [-0.05, 0) is 12.1 Å². The first-order valence-electron chi connectivity index (χ1n) is 3.65. The fourth-order valence-electron chi connectivity index (χ4n) is 0.779. The second-order valence-corrected chi connectivity index (χ2v) is 2.93. The molecule has 0 atom stereocenters. The highest BCUT2D eigenvalue weighted by molar-refractivity contribution is 6.32. The van der Waals surface area contributed by atoms with E-state index in [0.29, 0.717) is 0 Å². The van der Waals surface area contributed by atoms with Crippen LogP contribution < -0.4 is 4.89 Å². The Kier molecular flexibility index (Phi) is 4.15. The molecule has 0 unspecified atom stereocenters. The fraction of sp³-hybridized carbons (Fsp3) is 0. The van der Waals surface area contributed by atoms with E-state index in [1.54, 1.807) is 0 Å². The van der Waals surface area contributed by atoms with Crippen molar-refractivity contribution in [1.82, 2.24) is 0 Å². The van der Waals surface area contributed by atoms with E-state index in [1.165, 1.54) is 12.1 Å². The number of nitro groups is 1. The number of nitro benzene ring substituents is 1. The third kappa shape index (κ3) is 3.14. The topological polar surface area (TPSA) is 87.9 Å². The molecule has 16 heavy (non-hydrogen) atoms.